The van der Waals surface area contributed by atoms with Gasteiger partial charge in [-0.25, -0.2) is 0 Å². The summed E-state index contributed by atoms with van der Waals surface area (Å²) >= 11 is 2.93. The number of carbonyl (C=O) groups is 1. The third-order valence-electron chi connectivity index (χ3n) is 3.77. The minimum atomic E-state index is -0.00342. The summed E-state index contributed by atoms with van der Waals surface area (Å²) in [6.45, 7) is 0. The van der Waals surface area contributed by atoms with Gasteiger partial charge in [-0.05, 0) is 0 Å². The van der Waals surface area contributed by atoms with E-state index in [2.05, 4.69) is 26.0 Å². The number of aromatic nitrogens is 1. The Bertz CT molecular complexity index is 562. The fraction of sp³-hybridized carbons (Fsp3) is 0.400. The predicted molar refractivity (Wildman–Crippen MR) is 79.1 cm³/mol. The maximum absolute atomic E-state index is 12.5. The first kappa shape index (κ1) is 13.5. The molecule has 0 aromatic carbocycles. The van der Waals surface area contributed by atoms with E-state index in [1.807, 2.05) is 23.1 Å². The molecule has 2 aliphatic rings. The van der Waals surface area contributed by atoms with Crippen molar-refractivity contribution in [1.82, 2.24) is 9.88 Å². The standard InChI is InChI=1S/C15H16N3OSe/c19-14-13(10-11-6-4-5-9-16-11)17-15(20)18(14)12-7-2-1-3-8-12/h4-6,9-10,12H,1-3,7-8H2/b13-10-. The molecule has 103 valence electrons. The second-order valence-electron chi connectivity index (χ2n) is 5.15. The normalized spacial score (nSPS) is 22.4. The van der Waals surface area contributed by atoms with E-state index < -0.39 is 0 Å². The molecule has 0 atom stereocenters. The third-order valence-corrected chi connectivity index (χ3v) is 4.38. The number of amidine groups is 1. The number of pyridine rings is 1. The van der Waals surface area contributed by atoms with Crippen LogP contribution in [0.3, 0.4) is 0 Å². The zero-order chi connectivity index (χ0) is 13.9. The van der Waals surface area contributed by atoms with Crippen molar-refractivity contribution in [2.24, 2.45) is 4.99 Å². The van der Waals surface area contributed by atoms with Crippen molar-refractivity contribution >= 4 is 32.7 Å². The van der Waals surface area contributed by atoms with Gasteiger partial charge >= 0.3 is 126 Å². The van der Waals surface area contributed by atoms with Crippen LogP contribution in [0.4, 0.5) is 0 Å². The molecule has 0 saturated heterocycles. The molecule has 1 amide bonds. The quantitative estimate of drug-likeness (QED) is 0.615. The summed E-state index contributed by atoms with van der Waals surface area (Å²) in [6.07, 6.45) is 9.28. The van der Waals surface area contributed by atoms with Crippen molar-refractivity contribution in [2.45, 2.75) is 38.1 Å². The van der Waals surface area contributed by atoms with Gasteiger partial charge in [-0.2, -0.15) is 0 Å². The number of hydrogen-bond acceptors (Lipinski definition) is 3. The van der Waals surface area contributed by atoms with Gasteiger partial charge in [-0.3, -0.25) is 0 Å². The van der Waals surface area contributed by atoms with Crippen LogP contribution in [0, 0.1) is 0 Å². The van der Waals surface area contributed by atoms with E-state index in [1.54, 1.807) is 12.3 Å². The molecule has 1 aliphatic carbocycles. The van der Waals surface area contributed by atoms with Crippen molar-refractivity contribution < 1.29 is 4.79 Å². The van der Waals surface area contributed by atoms with E-state index in [0.717, 1.165) is 18.5 Å². The molecule has 1 aliphatic heterocycles. The van der Waals surface area contributed by atoms with Crippen LogP contribution in [-0.4, -0.2) is 42.6 Å². The summed E-state index contributed by atoms with van der Waals surface area (Å²) in [4.78, 5) is 22.9. The van der Waals surface area contributed by atoms with Crippen LogP contribution < -0.4 is 0 Å². The Kier molecular flexibility index (Phi) is 3.99. The Morgan fingerprint density at radius 1 is 1.25 bits per heavy atom. The molecule has 3 rings (SSSR count). The van der Waals surface area contributed by atoms with Crippen LogP contribution in [-0.2, 0) is 4.79 Å². The molecule has 5 heteroatoms. The molecular formula is C15H16N3OSe. The summed E-state index contributed by atoms with van der Waals surface area (Å²) in [5, 5.41) is 0. The zero-order valence-corrected chi connectivity index (χ0v) is 12.9. The van der Waals surface area contributed by atoms with E-state index in [4.69, 9.17) is 0 Å². The average molecular weight is 333 g/mol. The van der Waals surface area contributed by atoms with E-state index >= 15 is 0 Å². The van der Waals surface area contributed by atoms with Crippen molar-refractivity contribution in [1.29, 1.82) is 0 Å². The van der Waals surface area contributed by atoms with Crippen molar-refractivity contribution in [2.75, 3.05) is 0 Å². The van der Waals surface area contributed by atoms with Gasteiger partial charge in [0.2, 0.25) is 0 Å². The van der Waals surface area contributed by atoms with Crippen LogP contribution >= 0.6 is 0 Å². The summed E-state index contributed by atoms with van der Waals surface area (Å²) in [5.74, 6) is -0.00342. The number of amides is 1. The summed E-state index contributed by atoms with van der Waals surface area (Å²) in [6, 6.07) is 5.93. The third kappa shape index (κ3) is 2.69. The number of rotatable bonds is 2. The Labute approximate surface area is 126 Å². The van der Waals surface area contributed by atoms with E-state index in [9.17, 15) is 4.79 Å². The zero-order valence-electron chi connectivity index (χ0n) is 11.2. The van der Waals surface area contributed by atoms with Gasteiger partial charge in [0, 0.05) is 0 Å². The van der Waals surface area contributed by atoms with Gasteiger partial charge in [-0.15, -0.1) is 0 Å². The van der Waals surface area contributed by atoms with Crippen molar-refractivity contribution in [3.63, 3.8) is 0 Å². The molecule has 20 heavy (non-hydrogen) atoms. The van der Waals surface area contributed by atoms with E-state index in [1.165, 1.54) is 19.3 Å². The molecule has 4 nitrogen and oxygen atoms in total. The summed E-state index contributed by atoms with van der Waals surface area (Å²) < 4.78 is 0.698. The molecule has 0 N–H and O–H groups in total. The fourth-order valence-electron chi connectivity index (χ4n) is 2.77. The monoisotopic (exact) mass is 334 g/mol. The fourth-order valence-corrected chi connectivity index (χ4v) is 3.46. The van der Waals surface area contributed by atoms with Gasteiger partial charge < -0.3 is 0 Å². The Balaban J connectivity index is 1.83. The van der Waals surface area contributed by atoms with Crippen LogP contribution in [0.25, 0.3) is 6.08 Å². The second-order valence-corrected chi connectivity index (χ2v) is 5.91. The van der Waals surface area contributed by atoms with E-state index in [-0.39, 0.29) is 5.91 Å². The molecule has 1 saturated carbocycles. The number of hydrogen-bond donors (Lipinski definition) is 0. The average Bonchev–Trinajstić information content (AvgIpc) is 2.75. The molecule has 0 spiro atoms. The van der Waals surface area contributed by atoms with Gasteiger partial charge in [0.25, 0.3) is 0 Å². The Hall–Kier alpha value is -1.45. The van der Waals surface area contributed by atoms with Crippen LogP contribution in [0.5, 0.6) is 0 Å². The topological polar surface area (TPSA) is 45.6 Å². The Morgan fingerprint density at radius 2 is 2.05 bits per heavy atom. The maximum atomic E-state index is 12.5. The molecule has 0 bridgehead atoms. The van der Waals surface area contributed by atoms with Crippen molar-refractivity contribution in [3.8, 4) is 0 Å². The van der Waals surface area contributed by atoms with Gasteiger partial charge in [-0.1, -0.05) is 0 Å². The van der Waals surface area contributed by atoms with Crippen LogP contribution in [0.1, 0.15) is 37.8 Å². The molecule has 1 aromatic rings. The first-order chi connectivity index (χ1) is 9.75. The van der Waals surface area contributed by atoms with Crippen LogP contribution in [0.2, 0.25) is 0 Å². The second kappa shape index (κ2) is 5.90. The van der Waals surface area contributed by atoms with Gasteiger partial charge in [0.05, 0.1) is 0 Å². The minimum absolute atomic E-state index is 0.00342. The van der Waals surface area contributed by atoms with Crippen molar-refractivity contribution in [3.05, 3.63) is 35.8 Å². The molecule has 1 fully saturated rings. The first-order valence-electron chi connectivity index (χ1n) is 6.98. The molecule has 1 aromatic heterocycles. The molecule has 1 radical (unpaired) electrons. The summed E-state index contributed by atoms with van der Waals surface area (Å²) in [5.41, 5.74) is 1.24. The SMILES string of the molecule is O=C1/C(=C/c2ccccn2)N=C([Se])N1C1CCCCC1. The first-order valence-corrected chi connectivity index (χ1v) is 7.83. The molecule has 0 unspecified atom stereocenters. The van der Waals surface area contributed by atoms with Crippen LogP contribution in [0.15, 0.2) is 35.1 Å². The van der Waals surface area contributed by atoms with Gasteiger partial charge in [0.15, 0.2) is 0 Å². The number of aliphatic imine (C=N–C) groups is 1. The molecular weight excluding hydrogens is 317 g/mol. The predicted octanol–water partition coefficient (Wildman–Crippen LogP) is 2.12. The Morgan fingerprint density at radius 3 is 2.75 bits per heavy atom. The number of nitrogens with zero attached hydrogens (tertiary/aromatic N) is 3. The van der Waals surface area contributed by atoms with Gasteiger partial charge in [0.1, 0.15) is 0 Å². The summed E-state index contributed by atoms with van der Waals surface area (Å²) in [7, 11) is 0. The van der Waals surface area contributed by atoms with E-state index in [0.29, 0.717) is 16.5 Å². The number of carbonyl (C=O) groups excluding carboxylic acids is 1. The molecule has 2 heterocycles.